The van der Waals surface area contributed by atoms with Gasteiger partial charge in [0.05, 0.1) is 22.8 Å². The van der Waals surface area contributed by atoms with Crippen LogP contribution in [0.1, 0.15) is 17.3 Å². The van der Waals surface area contributed by atoms with E-state index in [2.05, 4.69) is 5.32 Å². The number of anilines is 1. The molecule has 1 aromatic rings. The highest BCUT2D eigenvalue weighted by molar-refractivity contribution is 6.37. The van der Waals surface area contributed by atoms with E-state index in [0.717, 1.165) is 0 Å². The van der Waals surface area contributed by atoms with E-state index in [1.54, 1.807) is 0 Å². The Kier molecular flexibility index (Phi) is 5.35. The van der Waals surface area contributed by atoms with Gasteiger partial charge in [-0.25, -0.2) is 4.79 Å². The monoisotopic (exact) mass is 318 g/mol. The van der Waals surface area contributed by atoms with E-state index in [1.165, 1.54) is 31.0 Å². The van der Waals surface area contributed by atoms with Gasteiger partial charge >= 0.3 is 5.97 Å². The number of carbonyl (C=O) groups excluding carboxylic acids is 2. The second kappa shape index (κ2) is 6.58. The van der Waals surface area contributed by atoms with Crippen LogP contribution in [-0.4, -0.2) is 41.4 Å². The number of benzene rings is 1. The van der Waals surface area contributed by atoms with Crippen molar-refractivity contribution in [2.24, 2.45) is 0 Å². The number of halogens is 2. The van der Waals surface area contributed by atoms with Crippen LogP contribution in [0.4, 0.5) is 5.69 Å². The van der Waals surface area contributed by atoms with Crippen molar-refractivity contribution < 1.29 is 19.5 Å². The first-order valence-electron chi connectivity index (χ1n) is 5.46. The maximum atomic E-state index is 11.7. The number of rotatable bonds is 4. The predicted octanol–water partition coefficient (Wildman–Crippen LogP) is 2.11. The molecule has 0 heterocycles. The summed E-state index contributed by atoms with van der Waals surface area (Å²) in [5.41, 5.74) is -0.271. The minimum Gasteiger partial charge on any atom is -0.478 e. The Morgan fingerprint density at radius 3 is 2.40 bits per heavy atom. The van der Waals surface area contributed by atoms with E-state index >= 15 is 0 Å². The lowest BCUT2D eigenvalue weighted by Crippen LogP contribution is -2.33. The zero-order valence-electron chi connectivity index (χ0n) is 10.7. The fraction of sp³-hybridized carbons (Fsp3) is 0.250. The van der Waals surface area contributed by atoms with Gasteiger partial charge in [-0.3, -0.25) is 9.59 Å². The Balaban J connectivity index is 3.00. The number of nitrogens with one attached hydrogen (secondary N) is 1. The average molecular weight is 319 g/mol. The van der Waals surface area contributed by atoms with Crippen molar-refractivity contribution in [2.45, 2.75) is 6.92 Å². The normalized spacial score (nSPS) is 10.0. The number of carboxylic acid groups (broad SMARTS) is 1. The third kappa shape index (κ3) is 4.11. The fourth-order valence-corrected chi connectivity index (χ4v) is 1.92. The predicted molar refractivity (Wildman–Crippen MR) is 75.4 cm³/mol. The maximum absolute atomic E-state index is 11.7. The van der Waals surface area contributed by atoms with Crippen LogP contribution in [0.15, 0.2) is 12.1 Å². The van der Waals surface area contributed by atoms with Gasteiger partial charge in [-0.1, -0.05) is 23.2 Å². The number of likely N-dealkylation sites (N-methyl/N-ethyl adjacent to an activating group) is 1. The van der Waals surface area contributed by atoms with Crippen LogP contribution in [0.3, 0.4) is 0 Å². The van der Waals surface area contributed by atoms with Crippen LogP contribution in [0, 0.1) is 0 Å². The minimum atomic E-state index is -1.27. The fourth-order valence-electron chi connectivity index (χ4n) is 1.38. The number of amides is 2. The van der Waals surface area contributed by atoms with Crippen molar-refractivity contribution in [3.05, 3.63) is 27.7 Å². The first-order chi connectivity index (χ1) is 9.22. The summed E-state index contributed by atoms with van der Waals surface area (Å²) in [4.78, 5) is 35.1. The molecule has 1 rings (SSSR count). The summed E-state index contributed by atoms with van der Waals surface area (Å²) in [5.74, 6) is -2.13. The highest BCUT2D eigenvalue weighted by Gasteiger charge is 2.18. The van der Waals surface area contributed by atoms with Crippen molar-refractivity contribution >= 4 is 46.7 Å². The van der Waals surface area contributed by atoms with Gasteiger partial charge in [-0.15, -0.1) is 0 Å². The van der Waals surface area contributed by atoms with Gasteiger partial charge in [0.1, 0.15) is 0 Å². The van der Waals surface area contributed by atoms with Crippen LogP contribution in [0.2, 0.25) is 10.0 Å². The molecule has 1 aromatic carbocycles. The summed E-state index contributed by atoms with van der Waals surface area (Å²) < 4.78 is 0. The lowest BCUT2D eigenvalue weighted by molar-refractivity contribution is -0.131. The Labute approximate surface area is 125 Å². The molecule has 0 bridgehead atoms. The average Bonchev–Trinajstić information content (AvgIpc) is 2.31. The van der Waals surface area contributed by atoms with Crippen LogP contribution >= 0.6 is 23.2 Å². The van der Waals surface area contributed by atoms with Gasteiger partial charge in [-0.2, -0.15) is 0 Å². The molecule has 0 saturated heterocycles. The first-order valence-corrected chi connectivity index (χ1v) is 6.22. The molecule has 0 spiro atoms. The van der Waals surface area contributed by atoms with Gasteiger partial charge < -0.3 is 15.3 Å². The lowest BCUT2D eigenvalue weighted by Gasteiger charge is -2.16. The molecule has 2 amide bonds. The Bertz CT molecular complexity index is 575. The van der Waals surface area contributed by atoms with Crippen LogP contribution in [0.25, 0.3) is 0 Å². The number of carboxylic acids is 1. The van der Waals surface area contributed by atoms with Crippen molar-refractivity contribution in [3.8, 4) is 0 Å². The molecule has 0 fully saturated rings. The van der Waals surface area contributed by atoms with Gasteiger partial charge in [0.2, 0.25) is 11.8 Å². The Hall–Kier alpha value is -1.79. The quantitative estimate of drug-likeness (QED) is 0.890. The van der Waals surface area contributed by atoms with E-state index in [4.69, 9.17) is 28.3 Å². The Morgan fingerprint density at radius 1 is 1.30 bits per heavy atom. The molecule has 6 nitrogen and oxygen atoms in total. The first kappa shape index (κ1) is 16.3. The van der Waals surface area contributed by atoms with Gasteiger partial charge in [0.25, 0.3) is 0 Å². The number of hydrogen-bond acceptors (Lipinski definition) is 3. The summed E-state index contributed by atoms with van der Waals surface area (Å²) in [5, 5.41) is 11.6. The highest BCUT2D eigenvalue weighted by Crippen LogP contribution is 2.30. The summed E-state index contributed by atoms with van der Waals surface area (Å²) in [6, 6.07) is 2.50. The number of carbonyl (C=O) groups is 3. The zero-order chi connectivity index (χ0) is 15.4. The second-order valence-electron chi connectivity index (χ2n) is 4.04. The molecule has 0 aliphatic carbocycles. The molecular weight excluding hydrogens is 307 g/mol. The molecule has 0 aliphatic rings. The molecule has 0 unspecified atom stereocenters. The minimum absolute atomic E-state index is 0.00808. The van der Waals surface area contributed by atoms with Crippen LogP contribution in [0.5, 0.6) is 0 Å². The standard InChI is InChI=1S/C12H12Cl2N2O4/c1-6(17)16(2)5-10(18)15-11-8(12(19)20)3-7(13)4-9(11)14/h3-4H,5H2,1-2H3,(H,15,18)(H,19,20). The largest absolute Gasteiger partial charge is 0.478 e. The van der Waals surface area contributed by atoms with Crippen molar-refractivity contribution in [1.29, 1.82) is 0 Å². The molecule has 0 radical (unpaired) electrons. The second-order valence-corrected chi connectivity index (χ2v) is 4.88. The molecule has 20 heavy (non-hydrogen) atoms. The van der Waals surface area contributed by atoms with Gasteiger partial charge in [0.15, 0.2) is 0 Å². The smallest absolute Gasteiger partial charge is 0.337 e. The Morgan fingerprint density at radius 2 is 1.90 bits per heavy atom. The van der Waals surface area contributed by atoms with E-state index in [0.29, 0.717) is 0 Å². The summed E-state index contributed by atoms with van der Waals surface area (Å²) >= 11 is 11.6. The summed E-state index contributed by atoms with van der Waals surface area (Å²) in [6.45, 7) is 1.10. The van der Waals surface area contributed by atoms with Crippen molar-refractivity contribution in [3.63, 3.8) is 0 Å². The number of hydrogen-bond donors (Lipinski definition) is 2. The zero-order valence-corrected chi connectivity index (χ0v) is 12.2. The van der Waals surface area contributed by atoms with Crippen LogP contribution in [-0.2, 0) is 9.59 Å². The topological polar surface area (TPSA) is 86.7 Å². The molecule has 0 saturated carbocycles. The highest BCUT2D eigenvalue weighted by atomic mass is 35.5. The molecule has 0 aromatic heterocycles. The number of aromatic carboxylic acids is 1. The number of nitrogens with zero attached hydrogens (tertiary/aromatic N) is 1. The third-order valence-electron chi connectivity index (χ3n) is 2.47. The van der Waals surface area contributed by atoms with Gasteiger partial charge in [-0.05, 0) is 12.1 Å². The molecule has 8 heteroatoms. The van der Waals surface area contributed by atoms with Crippen molar-refractivity contribution in [2.75, 3.05) is 18.9 Å². The molecular formula is C12H12Cl2N2O4. The third-order valence-corrected chi connectivity index (χ3v) is 2.98. The molecule has 0 aliphatic heterocycles. The van der Waals surface area contributed by atoms with Crippen molar-refractivity contribution in [1.82, 2.24) is 4.90 Å². The molecule has 108 valence electrons. The van der Waals surface area contributed by atoms with E-state index in [9.17, 15) is 14.4 Å². The molecule has 0 atom stereocenters. The van der Waals surface area contributed by atoms with E-state index < -0.39 is 11.9 Å². The lowest BCUT2D eigenvalue weighted by atomic mass is 10.1. The SMILES string of the molecule is CC(=O)N(C)CC(=O)Nc1c(Cl)cc(Cl)cc1C(=O)O. The molecule has 2 N–H and O–H groups in total. The summed E-state index contributed by atoms with van der Waals surface area (Å²) in [6.07, 6.45) is 0. The van der Waals surface area contributed by atoms with Crippen LogP contribution < -0.4 is 5.32 Å². The van der Waals surface area contributed by atoms with Gasteiger partial charge in [0, 0.05) is 19.0 Å². The van der Waals surface area contributed by atoms with E-state index in [1.807, 2.05) is 0 Å². The van der Waals surface area contributed by atoms with E-state index in [-0.39, 0.29) is 33.7 Å². The summed E-state index contributed by atoms with van der Waals surface area (Å²) in [7, 11) is 1.45. The maximum Gasteiger partial charge on any atom is 0.337 e.